The van der Waals surface area contributed by atoms with Gasteiger partial charge in [-0.3, -0.25) is 14.6 Å². The van der Waals surface area contributed by atoms with E-state index < -0.39 is 0 Å². The minimum Gasteiger partial charge on any atom is -0.508 e. The molecule has 2 N–H and O–H groups in total. The number of amides is 1. The number of phenolic OH excluding ortho intramolecular Hbond substituents is 1. The van der Waals surface area contributed by atoms with Gasteiger partial charge in [0.05, 0.1) is 19.8 Å². The van der Waals surface area contributed by atoms with Crippen molar-refractivity contribution in [3.63, 3.8) is 0 Å². The Labute approximate surface area is 184 Å². The van der Waals surface area contributed by atoms with Gasteiger partial charge < -0.3 is 20.1 Å². The molecule has 2 aromatic carbocycles. The second kappa shape index (κ2) is 10.6. The minimum absolute atomic E-state index is 0.0653. The van der Waals surface area contributed by atoms with Crippen molar-refractivity contribution in [1.29, 1.82) is 0 Å². The van der Waals surface area contributed by atoms with Crippen LogP contribution in [0.15, 0.2) is 48.5 Å². The maximum Gasteiger partial charge on any atom is 0.234 e. The zero-order chi connectivity index (χ0) is 21.5. The van der Waals surface area contributed by atoms with Crippen LogP contribution < -0.4 is 10.2 Å². The lowest BCUT2D eigenvalue weighted by Gasteiger charge is -2.35. The lowest BCUT2D eigenvalue weighted by molar-refractivity contribution is -0.122. The van der Waals surface area contributed by atoms with Crippen LogP contribution in [0.3, 0.4) is 0 Å². The van der Waals surface area contributed by atoms with Crippen molar-refractivity contribution in [3.05, 3.63) is 59.7 Å². The molecule has 0 radical (unpaired) electrons. The molecule has 4 rings (SSSR count). The summed E-state index contributed by atoms with van der Waals surface area (Å²) in [5.74, 6) is 0.348. The Morgan fingerprint density at radius 2 is 1.48 bits per heavy atom. The van der Waals surface area contributed by atoms with Gasteiger partial charge in [-0.25, -0.2) is 0 Å². The second-order valence-electron chi connectivity index (χ2n) is 8.26. The maximum atomic E-state index is 12.4. The number of nitrogens with one attached hydrogen (secondary N) is 1. The number of nitrogens with zero attached hydrogens (tertiary/aromatic N) is 3. The predicted octanol–water partition coefficient (Wildman–Crippen LogP) is 1.66. The van der Waals surface area contributed by atoms with Crippen molar-refractivity contribution in [2.24, 2.45) is 0 Å². The molecule has 0 unspecified atom stereocenters. The zero-order valence-electron chi connectivity index (χ0n) is 18.0. The molecular formula is C24H32N4O3. The Bertz CT molecular complexity index is 827. The fourth-order valence-electron chi connectivity index (χ4n) is 4.07. The SMILES string of the molecule is O=C(CN1CCN(c2ccc(O)cc2)CC1)NCc1ccc(CN2CCOCC2)cc1. The van der Waals surface area contributed by atoms with E-state index in [9.17, 15) is 9.90 Å². The summed E-state index contributed by atoms with van der Waals surface area (Å²) in [6.45, 7) is 9.00. The molecule has 7 heteroatoms. The first-order chi connectivity index (χ1) is 15.2. The smallest absolute Gasteiger partial charge is 0.234 e. The van der Waals surface area contributed by atoms with E-state index in [1.165, 1.54) is 5.56 Å². The number of ether oxygens (including phenoxy) is 1. The number of morpholine rings is 1. The van der Waals surface area contributed by atoms with E-state index in [-0.39, 0.29) is 11.7 Å². The van der Waals surface area contributed by atoms with Gasteiger partial charge >= 0.3 is 0 Å². The summed E-state index contributed by atoms with van der Waals surface area (Å²) in [5, 5.41) is 12.5. The largest absolute Gasteiger partial charge is 0.508 e. The van der Waals surface area contributed by atoms with Crippen LogP contribution in [-0.4, -0.2) is 79.8 Å². The number of anilines is 1. The molecule has 2 aliphatic heterocycles. The molecule has 0 aliphatic carbocycles. The Morgan fingerprint density at radius 1 is 0.839 bits per heavy atom. The summed E-state index contributed by atoms with van der Waals surface area (Å²) < 4.78 is 5.40. The molecule has 0 bridgehead atoms. The maximum absolute atomic E-state index is 12.4. The molecular weight excluding hydrogens is 392 g/mol. The molecule has 31 heavy (non-hydrogen) atoms. The van der Waals surface area contributed by atoms with Crippen LogP contribution in [0.4, 0.5) is 5.69 Å². The van der Waals surface area contributed by atoms with Gasteiger partial charge in [-0.1, -0.05) is 24.3 Å². The van der Waals surface area contributed by atoms with E-state index in [2.05, 4.69) is 44.3 Å². The van der Waals surface area contributed by atoms with E-state index in [1.807, 2.05) is 12.1 Å². The summed E-state index contributed by atoms with van der Waals surface area (Å²) in [7, 11) is 0. The van der Waals surface area contributed by atoms with Crippen LogP contribution >= 0.6 is 0 Å². The van der Waals surface area contributed by atoms with Crippen LogP contribution in [0.2, 0.25) is 0 Å². The summed E-state index contributed by atoms with van der Waals surface area (Å²) in [6, 6.07) is 15.8. The Kier molecular flexibility index (Phi) is 7.40. The first-order valence-electron chi connectivity index (χ1n) is 11.1. The van der Waals surface area contributed by atoms with Gasteiger partial charge in [-0.05, 0) is 35.4 Å². The van der Waals surface area contributed by atoms with Gasteiger partial charge in [-0.2, -0.15) is 0 Å². The Morgan fingerprint density at radius 3 is 2.16 bits per heavy atom. The van der Waals surface area contributed by atoms with E-state index in [4.69, 9.17) is 4.74 Å². The van der Waals surface area contributed by atoms with E-state index in [0.29, 0.717) is 13.1 Å². The summed E-state index contributed by atoms with van der Waals surface area (Å²) in [6.07, 6.45) is 0. The van der Waals surface area contributed by atoms with Crippen LogP contribution in [-0.2, 0) is 22.6 Å². The molecule has 0 spiro atoms. The normalized spacial score (nSPS) is 18.1. The average Bonchev–Trinajstić information content (AvgIpc) is 2.80. The Hall–Kier alpha value is -2.61. The van der Waals surface area contributed by atoms with Crippen molar-refractivity contribution in [2.45, 2.75) is 13.1 Å². The van der Waals surface area contributed by atoms with Gasteiger partial charge in [0.25, 0.3) is 0 Å². The lowest BCUT2D eigenvalue weighted by atomic mass is 10.1. The molecule has 0 aromatic heterocycles. The number of carbonyl (C=O) groups excluding carboxylic acids is 1. The number of rotatable bonds is 7. The number of hydrogen-bond acceptors (Lipinski definition) is 6. The lowest BCUT2D eigenvalue weighted by Crippen LogP contribution is -2.49. The van der Waals surface area contributed by atoms with Gasteiger partial charge in [0.15, 0.2) is 0 Å². The van der Waals surface area contributed by atoms with Crippen molar-refractivity contribution in [2.75, 3.05) is 63.9 Å². The van der Waals surface area contributed by atoms with E-state index in [1.54, 1.807) is 12.1 Å². The van der Waals surface area contributed by atoms with Gasteiger partial charge in [0, 0.05) is 58.0 Å². The molecule has 0 saturated carbocycles. The monoisotopic (exact) mass is 424 g/mol. The number of piperazine rings is 1. The van der Waals surface area contributed by atoms with Crippen molar-refractivity contribution in [3.8, 4) is 5.75 Å². The molecule has 166 valence electrons. The van der Waals surface area contributed by atoms with E-state index in [0.717, 1.165) is 70.3 Å². The fourth-order valence-corrected chi connectivity index (χ4v) is 4.07. The molecule has 2 saturated heterocycles. The van der Waals surface area contributed by atoms with Gasteiger partial charge in [0.2, 0.25) is 5.91 Å². The number of carbonyl (C=O) groups is 1. The zero-order valence-corrected chi connectivity index (χ0v) is 18.0. The second-order valence-corrected chi connectivity index (χ2v) is 8.26. The average molecular weight is 425 g/mol. The highest BCUT2D eigenvalue weighted by molar-refractivity contribution is 5.78. The summed E-state index contributed by atoms with van der Waals surface area (Å²) in [4.78, 5) is 19.3. The third kappa shape index (κ3) is 6.43. The molecule has 7 nitrogen and oxygen atoms in total. The standard InChI is InChI=1S/C24H32N4O3/c29-23-7-5-22(6-8-23)28-11-9-26(10-12-28)19-24(30)25-17-20-1-3-21(4-2-20)18-27-13-15-31-16-14-27/h1-8,29H,9-19H2,(H,25,30). The van der Waals surface area contributed by atoms with E-state index >= 15 is 0 Å². The number of benzene rings is 2. The number of aromatic hydroxyl groups is 1. The molecule has 2 fully saturated rings. The number of hydrogen-bond donors (Lipinski definition) is 2. The topological polar surface area (TPSA) is 68.3 Å². The molecule has 2 aliphatic rings. The minimum atomic E-state index is 0.0653. The molecule has 1 amide bonds. The van der Waals surface area contributed by atoms with Gasteiger partial charge in [0.1, 0.15) is 5.75 Å². The van der Waals surface area contributed by atoms with Crippen LogP contribution in [0.25, 0.3) is 0 Å². The third-order valence-electron chi connectivity index (χ3n) is 5.98. The highest BCUT2D eigenvalue weighted by Crippen LogP contribution is 2.19. The number of phenols is 1. The highest BCUT2D eigenvalue weighted by Gasteiger charge is 2.19. The van der Waals surface area contributed by atoms with Gasteiger partial charge in [-0.15, -0.1) is 0 Å². The predicted molar refractivity (Wildman–Crippen MR) is 121 cm³/mol. The quantitative estimate of drug-likeness (QED) is 0.705. The van der Waals surface area contributed by atoms with Crippen LogP contribution in [0.1, 0.15) is 11.1 Å². The molecule has 0 atom stereocenters. The summed E-state index contributed by atoms with van der Waals surface area (Å²) >= 11 is 0. The van der Waals surface area contributed by atoms with Crippen LogP contribution in [0.5, 0.6) is 5.75 Å². The third-order valence-corrected chi connectivity index (χ3v) is 5.98. The molecule has 2 heterocycles. The first-order valence-corrected chi connectivity index (χ1v) is 11.1. The summed E-state index contributed by atoms with van der Waals surface area (Å²) in [5.41, 5.74) is 3.53. The van der Waals surface area contributed by atoms with Crippen LogP contribution in [0, 0.1) is 0 Å². The fraction of sp³-hybridized carbons (Fsp3) is 0.458. The van der Waals surface area contributed by atoms with Crippen molar-refractivity contribution >= 4 is 11.6 Å². The van der Waals surface area contributed by atoms with Crippen molar-refractivity contribution < 1.29 is 14.6 Å². The molecule has 2 aromatic rings. The first kappa shape index (κ1) is 21.6. The van der Waals surface area contributed by atoms with Crippen molar-refractivity contribution in [1.82, 2.24) is 15.1 Å². The highest BCUT2D eigenvalue weighted by atomic mass is 16.5. The Balaban J connectivity index is 1.16.